The van der Waals surface area contributed by atoms with Crippen molar-refractivity contribution in [2.24, 2.45) is 0 Å². The molecule has 0 spiro atoms. The molecule has 1 aliphatic heterocycles. The molecule has 0 aromatic heterocycles. The summed E-state index contributed by atoms with van der Waals surface area (Å²) < 4.78 is 10.6. The smallest absolute Gasteiger partial charge is 0.170 e. The Bertz CT molecular complexity index is 761. The monoisotopic (exact) mass is 399 g/mol. The first-order valence-electron chi connectivity index (χ1n) is 9.76. The number of piperidine rings is 1. The number of nitrogens with one attached hydrogen (secondary N) is 2. The van der Waals surface area contributed by atoms with Gasteiger partial charge in [-0.3, -0.25) is 4.90 Å². The molecule has 2 aromatic rings. The Balaban J connectivity index is 1.65. The maximum atomic E-state index is 5.52. The van der Waals surface area contributed by atoms with E-state index >= 15 is 0 Å². The summed E-state index contributed by atoms with van der Waals surface area (Å²) in [6.45, 7) is 2.99. The minimum atomic E-state index is 0.274. The van der Waals surface area contributed by atoms with Crippen LogP contribution in [0, 0.1) is 0 Å². The molecule has 5 nitrogen and oxygen atoms in total. The molecule has 3 rings (SSSR count). The number of anilines is 1. The van der Waals surface area contributed by atoms with Crippen LogP contribution in [0.3, 0.4) is 0 Å². The van der Waals surface area contributed by atoms with Crippen molar-refractivity contribution in [1.82, 2.24) is 10.2 Å². The maximum Gasteiger partial charge on any atom is 0.170 e. The van der Waals surface area contributed by atoms with E-state index in [-0.39, 0.29) is 6.04 Å². The third-order valence-electron chi connectivity index (χ3n) is 5.12. The molecule has 1 aliphatic rings. The zero-order chi connectivity index (χ0) is 19.8. The molecule has 0 unspecified atom stereocenters. The summed E-state index contributed by atoms with van der Waals surface area (Å²) >= 11 is 5.52. The van der Waals surface area contributed by atoms with E-state index in [0.29, 0.717) is 5.11 Å². The normalized spacial score (nSPS) is 15.5. The lowest BCUT2D eigenvalue weighted by molar-refractivity contribution is 0.164. The van der Waals surface area contributed by atoms with Crippen molar-refractivity contribution in [1.29, 1.82) is 0 Å². The molecule has 1 atom stereocenters. The number of nitrogens with zero attached hydrogens (tertiary/aromatic N) is 1. The van der Waals surface area contributed by atoms with Gasteiger partial charge in [0, 0.05) is 18.3 Å². The van der Waals surface area contributed by atoms with Gasteiger partial charge in [-0.15, -0.1) is 0 Å². The summed E-state index contributed by atoms with van der Waals surface area (Å²) in [5, 5.41) is 7.26. The van der Waals surface area contributed by atoms with Gasteiger partial charge < -0.3 is 20.1 Å². The number of methoxy groups -OCH3 is 2. The van der Waals surface area contributed by atoms with Gasteiger partial charge in [-0.1, -0.05) is 24.6 Å². The fraction of sp³-hybridized carbons (Fsp3) is 0.409. The van der Waals surface area contributed by atoms with Gasteiger partial charge in [-0.05, 0) is 68.0 Å². The van der Waals surface area contributed by atoms with Crippen LogP contribution < -0.4 is 20.1 Å². The van der Waals surface area contributed by atoms with E-state index in [1.54, 1.807) is 14.2 Å². The van der Waals surface area contributed by atoms with Crippen molar-refractivity contribution >= 4 is 23.0 Å². The van der Waals surface area contributed by atoms with Crippen LogP contribution in [0.25, 0.3) is 0 Å². The van der Waals surface area contributed by atoms with Crippen LogP contribution in [0.1, 0.15) is 30.9 Å². The Morgan fingerprint density at radius 3 is 2.39 bits per heavy atom. The van der Waals surface area contributed by atoms with E-state index in [0.717, 1.165) is 36.8 Å². The van der Waals surface area contributed by atoms with Crippen LogP contribution in [0.2, 0.25) is 0 Å². The molecule has 28 heavy (non-hydrogen) atoms. The number of hydrogen-bond acceptors (Lipinski definition) is 4. The molecule has 1 saturated heterocycles. The van der Waals surface area contributed by atoms with Gasteiger partial charge in [-0.2, -0.15) is 0 Å². The van der Waals surface area contributed by atoms with Crippen molar-refractivity contribution in [2.75, 3.05) is 39.2 Å². The van der Waals surface area contributed by atoms with E-state index in [1.165, 1.54) is 24.8 Å². The van der Waals surface area contributed by atoms with E-state index in [2.05, 4.69) is 27.7 Å². The summed E-state index contributed by atoms with van der Waals surface area (Å²) in [6, 6.07) is 16.4. The van der Waals surface area contributed by atoms with Gasteiger partial charge in [0.05, 0.1) is 20.3 Å². The number of thiocarbonyl (C=S) groups is 1. The van der Waals surface area contributed by atoms with Gasteiger partial charge in [0.25, 0.3) is 0 Å². The standard InChI is InChI=1S/C22H29N3O2S/c1-26-19-11-9-17(10-12-19)21(25-13-4-3-5-14-25)16-23-22(28)24-18-7-6-8-20(15-18)27-2/h6-12,15,21H,3-5,13-14,16H2,1-2H3,(H2,23,24,28)/t21-/m1/s1. The van der Waals surface area contributed by atoms with Crippen LogP contribution in [0.4, 0.5) is 5.69 Å². The van der Waals surface area contributed by atoms with Crippen molar-refractivity contribution in [3.05, 3.63) is 54.1 Å². The number of hydrogen-bond donors (Lipinski definition) is 2. The zero-order valence-corrected chi connectivity index (χ0v) is 17.4. The van der Waals surface area contributed by atoms with Gasteiger partial charge in [0.2, 0.25) is 0 Å². The van der Waals surface area contributed by atoms with Crippen LogP contribution in [0.5, 0.6) is 11.5 Å². The fourth-order valence-electron chi connectivity index (χ4n) is 3.58. The van der Waals surface area contributed by atoms with Crippen molar-refractivity contribution < 1.29 is 9.47 Å². The molecule has 2 N–H and O–H groups in total. The second-order valence-corrected chi connectivity index (χ2v) is 7.36. The van der Waals surface area contributed by atoms with E-state index < -0.39 is 0 Å². The summed E-state index contributed by atoms with van der Waals surface area (Å²) in [5.74, 6) is 1.68. The van der Waals surface area contributed by atoms with E-state index in [4.69, 9.17) is 21.7 Å². The molecule has 0 amide bonds. The molecule has 0 aliphatic carbocycles. The predicted octanol–water partition coefficient (Wildman–Crippen LogP) is 4.22. The quantitative estimate of drug-likeness (QED) is 0.680. The van der Waals surface area contributed by atoms with E-state index in [1.807, 2.05) is 36.4 Å². The second-order valence-electron chi connectivity index (χ2n) is 6.95. The first kappa shape index (κ1) is 20.4. The van der Waals surface area contributed by atoms with Gasteiger partial charge in [-0.25, -0.2) is 0 Å². The molecule has 150 valence electrons. The topological polar surface area (TPSA) is 45.8 Å². The molecular formula is C22H29N3O2S. The molecule has 0 radical (unpaired) electrons. The maximum absolute atomic E-state index is 5.52. The van der Waals surface area contributed by atoms with Crippen molar-refractivity contribution in [3.63, 3.8) is 0 Å². The van der Waals surface area contributed by atoms with Gasteiger partial charge in [0.1, 0.15) is 11.5 Å². The predicted molar refractivity (Wildman–Crippen MR) is 118 cm³/mol. The summed E-state index contributed by atoms with van der Waals surface area (Å²) in [5.41, 5.74) is 2.19. The Kier molecular flexibility index (Phi) is 7.51. The fourth-order valence-corrected chi connectivity index (χ4v) is 3.78. The van der Waals surface area contributed by atoms with Crippen LogP contribution in [-0.4, -0.2) is 43.9 Å². The molecule has 0 bridgehead atoms. The average Bonchev–Trinajstić information content (AvgIpc) is 2.75. The lowest BCUT2D eigenvalue weighted by Gasteiger charge is -2.35. The van der Waals surface area contributed by atoms with Crippen LogP contribution in [-0.2, 0) is 0 Å². The number of benzene rings is 2. The third kappa shape index (κ3) is 5.59. The molecule has 1 heterocycles. The number of likely N-dealkylation sites (tertiary alicyclic amines) is 1. The highest BCUT2D eigenvalue weighted by molar-refractivity contribution is 7.80. The average molecular weight is 400 g/mol. The van der Waals surface area contributed by atoms with E-state index in [9.17, 15) is 0 Å². The van der Waals surface area contributed by atoms with Gasteiger partial charge >= 0.3 is 0 Å². The first-order valence-corrected chi connectivity index (χ1v) is 10.2. The largest absolute Gasteiger partial charge is 0.497 e. The summed E-state index contributed by atoms with van der Waals surface area (Å²) in [6.07, 6.45) is 3.81. The summed E-state index contributed by atoms with van der Waals surface area (Å²) in [4.78, 5) is 2.55. The van der Waals surface area contributed by atoms with Crippen molar-refractivity contribution in [3.8, 4) is 11.5 Å². The van der Waals surface area contributed by atoms with Crippen molar-refractivity contribution in [2.45, 2.75) is 25.3 Å². The minimum absolute atomic E-state index is 0.274. The number of rotatable bonds is 7. The zero-order valence-electron chi connectivity index (χ0n) is 16.6. The Hall–Kier alpha value is -2.31. The highest BCUT2D eigenvalue weighted by Crippen LogP contribution is 2.26. The summed E-state index contributed by atoms with van der Waals surface area (Å²) in [7, 11) is 3.36. The third-order valence-corrected chi connectivity index (χ3v) is 5.36. The molecule has 0 saturated carbocycles. The highest BCUT2D eigenvalue weighted by atomic mass is 32.1. The van der Waals surface area contributed by atoms with Crippen LogP contribution >= 0.6 is 12.2 Å². The lowest BCUT2D eigenvalue weighted by Crippen LogP contribution is -2.41. The molecule has 6 heteroatoms. The Labute approximate surface area is 173 Å². The SMILES string of the molecule is COc1ccc([C@@H](CNC(=S)Nc2cccc(OC)c2)N2CCCCC2)cc1. The van der Waals surface area contributed by atoms with Gasteiger partial charge in [0.15, 0.2) is 5.11 Å². The second kappa shape index (κ2) is 10.3. The molecular weight excluding hydrogens is 370 g/mol. The molecule has 2 aromatic carbocycles. The Morgan fingerprint density at radius 2 is 1.71 bits per heavy atom. The molecule has 1 fully saturated rings. The highest BCUT2D eigenvalue weighted by Gasteiger charge is 2.22. The minimum Gasteiger partial charge on any atom is -0.497 e. The Morgan fingerprint density at radius 1 is 1.00 bits per heavy atom. The first-order chi connectivity index (χ1) is 13.7. The lowest BCUT2D eigenvalue weighted by atomic mass is 10.0. The van der Waals surface area contributed by atoms with Crippen LogP contribution in [0.15, 0.2) is 48.5 Å². The number of ether oxygens (including phenoxy) is 2.